The summed E-state index contributed by atoms with van der Waals surface area (Å²) in [6, 6.07) is 13.9. The molecule has 1 aliphatic rings. The number of para-hydroxylation sites is 1. The molecule has 27 heavy (non-hydrogen) atoms. The summed E-state index contributed by atoms with van der Waals surface area (Å²) in [6.45, 7) is 0.0188. The molecule has 0 atom stereocenters. The van der Waals surface area contributed by atoms with Gasteiger partial charge in [0.15, 0.2) is 9.84 Å². The zero-order valence-corrected chi connectivity index (χ0v) is 16.1. The van der Waals surface area contributed by atoms with Gasteiger partial charge in [0, 0.05) is 18.0 Å². The van der Waals surface area contributed by atoms with Gasteiger partial charge in [0.1, 0.15) is 5.75 Å². The van der Waals surface area contributed by atoms with E-state index in [1.165, 1.54) is 18.9 Å². The van der Waals surface area contributed by atoms with Gasteiger partial charge in [-0.05, 0) is 49.9 Å². The molecular weight excluding hydrogens is 364 g/mol. The number of hydrogen-bond acceptors (Lipinski definition) is 5. The van der Waals surface area contributed by atoms with Gasteiger partial charge in [0.2, 0.25) is 5.91 Å². The molecular formula is C20H24N2O4S. The molecule has 0 saturated heterocycles. The smallest absolute Gasteiger partial charge is 0.243 e. The highest BCUT2D eigenvalue weighted by Gasteiger charge is 2.17. The van der Waals surface area contributed by atoms with Crippen molar-refractivity contribution in [3.05, 3.63) is 48.5 Å². The summed E-state index contributed by atoms with van der Waals surface area (Å²) in [5.41, 5.74) is 1.06. The van der Waals surface area contributed by atoms with Gasteiger partial charge in [-0.2, -0.15) is 0 Å². The average molecular weight is 388 g/mol. The van der Waals surface area contributed by atoms with E-state index in [0.717, 1.165) is 30.5 Å². The average Bonchev–Trinajstić information content (AvgIpc) is 3.13. The zero-order chi connectivity index (χ0) is 19.3. The first-order chi connectivity index (χ1) is 12.9. The van der Waals surface area contributed by atoms with Gasteiger partial charge in [-0.3, -0.25) is 4.79 Å². The molecule has 0 aliphatic heterocycles. The van der Waals surface area contributed by atoms with Gasteiger partial charge in [-0.25, -0.2) is 8.42 Å². The summed E-state index contributed by atoms with van der Waals surface area (Å²) in [5, 5.41) is 5.70. The quantitative estimate of drug-likeness (QED) is 0.759. The van der Waals surface area contributed by atoms with Gasteiger partial charge < -0.3 is 15.4 Å². The molecule has 1 fully saturated rings. The van der Waals surface area contributed by atoms with Crippen molar-refractivity contribution in [2.75, 3.05) is 23.4 Å². The Morgan fingerprint density at radius 3 is 2.59 bits per heavy atom. The Morgan fingerprint density at radius 1 is 1.11 bits per heavy atom. The minimum atomic E-state index is -3.42. The second-order valence-electron chi connectivity index (χ2n) is 6.72. The lowest BCUT2D eigenvalue weighted by Gasteiger charge is -2.14. The summed E-state index contributed by atoms with van der Waals surface area (Å²) < 4.78 is 29.6. The van der Waals surface area contributed by atoms with Crippen molar-refractivity contribution in [3.63, 3.8) is 0 Å². The summed E-state index contributed by atoms with van der Waals surface area (Å²) in [5.74, 6) is 0.461. The van der Waals surface area contributed by atoms with Gasteiger partial charge in [-0.15, -0.1) is 0 Å². The topological polar surface area (TPSA) is 84.5 Å². The SMILES string of the molecule is CS(=O)(=O)c1ccccc1NC(=O)CNc1cccc(OC2CCCC2)c1. The number of carbonyl (C=O) groups is 1. The number of hydrogen-bond donors (Lipinski definition) is 2. The van der Waals surface area contributed by atoms with E-state index in [1.807, 2.05) is 24.3 Å². The normalized spacial score (nSPS) is 14.7. The molecule has 0 bridgehead atoms. The molecule has 1 saturated carbocycles. The maximum Gasteiger partial charge on any atom is 0.243 e. The van der Waals surface area contributed by atoms with Crippen LogP contribution in [0.25, 0.3) is 0 Å². The largest absolute Gasteiger partial charge is 0.490 e. The first-order valence-corrected chi connectivity index (χ1v) is 10.9. The number of rotatable bonds is 7. The molecule has 7 heteroatoms. The van der Waals surface area contributed by atoms with Gasteiger partial charge in [-0.1, -0.05) is 18.2 Å². The fourth-order valence-corrected chi connectivity index (χ4v) is 3.99. The Hall–Kier alpha value is -2.54. The standard InChI is InChI=1S/C20H24N2O4S/c1-27(24,25)19-12-5-4-11-18(19)22-20(23)14-21-15-7-6-10-17(13-15)26-16-8-2-3-9-16/h4-7,10-13,16,21H,2-3,8-9,14H2,1H3,(H,22,23). The van der Waals surface area contributed by atoms with Crippen LogP contribution in [-0.4, -0.2) is 33.2 Å². The van der Waals surface area contributed by atoms with Crippen LogP contribution in [0.15, 0.2) is 53.4 Å². The van der Waals surface area contributed by atoms with Crippen LogP contribution in [0, 0.1) is 0 Å². The third-order valence-corrected chi connectivity index (χ3v) is 5.61. The molecule has 0 spiro atoms. The minimum Gasteiger partial charge on any atom is -0.490 e. The molecule has 2 aromatic carbocycles. The maximum absolute atomic E-state index is 12.2. The van der Waals surface area contributed by atoms with Crippen molar-refractivity contribution in [3.8, 4) is 5.75 Å². The molecule has 3 rings (SSSR count). The van der Waals surface area contributed by atoms with Crippen LogP contribution in [0.1, 0.15) is 25.7 Å². The predicted molar refractivity (Wildman–Crippen MR) is 106 cm³/mol. The van der Waals surface area contributed by atoms with Gasteiger partial charge in [0.25, 0.3) is 0 Å². The molecule has 1 amide bonds. The Kier molecular flexibility index (Phi) is 6.01. The van der Waals surface area contributed by atoms with Crippen LogP contribution in [0.2, 0.25) is 0 Å². The van der Waals surface area contributed by atoms with E-state index in [4.69, 9.17) is 4.74 Å². The Bertz CT molecular complexity index is 906. The molecule has 6 nitrogen and oxygen atoms in total. The van der Waals surface area contributed by atoms with E-state index in [-0.39, 0.29) is 29.1 Å². The molecule has 0 radical (unpaired) electrons. The Labute approximate surface area is 159 Å². The van der Waals surface area contributed by atoms with Crippen molar-refractivity contribution in [1.82, 2.24) is 0 Å². The lowest BCUT2D eigenvalue weighted by Crippen LogP contribution is -2.22. The van der Waals surface area contributed by atoms with Crippen molar-refractivity contribution in [2.24, 2.45) is 0 Å². The Morgan fingerprint density at radius 2 is 1.85 bits per heavy atom. The highest BCUT2D eigenvalue weighted by atomic mass is 32.2. The van der Waals surface area contributed by atoms with E-state index in [2.05, 4.69) is 10.6 Å². The molecule has 1 aliphatic carbocycles. The van der Waals surface area contributed by atoms with E-state index < -0.39 is 9.84 Å². The van der Waals surface area contributed by atoms with E-state index in [9.17, 15) is 13.2 Å². The van der Waals surface area contributed by atoms with Crippen LogP contribution in [-0.2, 0) is 14.6 Å². The first kappa shape index (κ1) is 19.2. The second kappa shape index (κ2) is 8.43. The number of benzene rings is 2. The minimum absolute atomic E-state index is 0.0188. The van der Waals surface area contributed by atoms with Crippen LogP contribution < -0.4 is 15.4 Å². The summed E-state index contributed by atoms with van der Waals surface area (Å²) >= 11 is 0. The van der Waals surface area contributed by atoms with Crippen molar-refractivity contribution in [1.29, 1.82) is 0 Å². The lowest BCUT2D eigenvalue weighted by molar-refractivity contribution is -0.114. The summed E-state index contributed by atoms with van der Waals surface area (Å²) in [7, 11) is -3.42. The fraction of sp³-hybridized carbons (Fsp3) is 0.350. The molecule has 144 valence electrons. The van der Waals surface area contributed by atoms with Gasteiger partial charge in [0.05, 0.1) is 23.2 Å². The fourth-order valence-electron chi connectivity index (χ4n) is 3.15. The van der Waals surface area contributed by atoms with E-state index in [1.54, 1.807) is 18.2 Å². The Balaban J connectivity index is 1.58. The van der Waals surface area contributed by atoms with Crippen molar-refractivity contribution in [2.45, 2.75) is 36.7 Å². The molecule has 0 unspecified atom stereocenters. The number of anilines is 2. The number of ether oxygens (including phenoxy) is 1. The van der Waals surface area contributed by atoms with Crippen molar-refractivity contribution >= 4 is 27.1 Å². The lowest BCUT2D eigenvalue weighted by atomic mass is 10.2. The molecule has 0 aromatic heterocycles. The molecule has 2 N–H and O–H groups in total. The third-order valence-electron chi connectivity index (χ3n) is 4.45. The van der Waals surface area contributed by atoms with E-state index >= 15 is 0 Å². The molecule has 0 heterocycles. The summed E-state index contributed by atoms with van der Waals surface area (Å²) in [6.07, 6.45) is 5.97. The highest BCUT2D eigenvalue weighted by molar-refractivity contribution is 7.90. The number of sulfone groups is 1. The number of nitrogens with one attached hydrogen (secondary N) is 2. The van der Waals surface area contributed by atoms with Crippen LogP contribution >= 0.6 is 0 Å². The second-order valence-corrected chi connectivity index (χ2v) is 8.71. The molecule has 2 aromatic rings. The summed E-state index contributed by atoms with van der Waals surface area (Å²) in [4.78, 5) is 12.3. The van der Waals surface area contributed by atoms with Crippen LogP contribution in [0.4, 0.5) is 11.4 Å². The van der Waals surface area contributed by atoms with Gasteiger partial charge >= 0.3 is 0 Å². The third kappa shape index (κ3) is 5.47. The first-order valence-electron chi connectivity index (χ1n) is 9.01. The van der Waals surface area contributed by atoms with Crippen molar-refractivity contribution < 1.29 is 17.9 Å². The van der Waals surface area contributed by atoms with Crippen LogP contribution in [0.5, 0.6) is 5.75 Å². The number of amides is 1. The number of carbonyl (C=O) groups excluding carboxylic acids is 1. The highest BCUT2D eigenvalue weighted by Crippen LogP contribution is 2.26. The predicted octanol–water partition coefficient (Wildman–Crippen LogP) is 3.46. The maximum atomic E-state index is 12.2. The van der Waals surface area contributed by atoms with Crippen LogP contribution in [0.3, 0.4) is 0 Å². The zero-order valence-electron chi connectivity index (χ0n) is 15.3. The van der Waals surface area contributed by atoms with E-state index in [0.29, 0.717) is 0 Å². The monoisotopic (exact) mass is 388 g/mol.